The van der Waals surface area contributed by atoms with Crippen LogP contribution < -0.4 is 0 Å². The molecule has 1 aromatic rings. The Labute approximate surface area is 235 Å². The van der Waals surface area contributed by atoms with E-state index >= 15 is 0 Å². The number of epoxide rings is 1. The van der Waals surface area contributed by atoms with Gasteiger partial charge in [-0.3, -0.25) is 9.59 Å². The molecule has 0 aromatic carbocycles. The maximum absolute atomic E-state index is 14.4. The van der Waals surface area contributed by atoms with Gasteiger partial charge in [0.05, 0.1) is 36.3 Å². The Kier molecular flexibility index (Phi) is 8.62. The second-order valence-corrected chi connectivity index (χ2v) is 13.2. The van der Waals surface area contributed by atoms with Crippen molar-refractivity contribution in [2.45, 2.75) is 103 Å². The van der Waals surface area contributed by atoms with E-state index in [4.69, 9.17) is 9.47 Å². The summed E-state index contributed by atoms with van der Waals surface area (Å²) in [4.78, 5) is 30.5. The second kappa shape index (κ2) is 11.1. The minimum Gasteiger partial charge on any atom is -0.458 e. The zero-order chi connectivity index (χ0) is 29.8. The van der Waals surface area contributed by atoms with Gasteiger partial charge in [-0.15, -0.1) is 11.3 Å². The van der Waals surface area contributed by atoms with Crippen LogP contribution in [0.15, 0.2) is 11.0 Å². The molecule has 1 aromatic heterocycles. The van der Waals surface area contributed by atoms with E-state index in [-0.39, 0.29) is 31.3 Å². The van der Waals surface area contributed by atoms with E-state index in [1.807, 2.05) is 0 Å². The SMILES string of the molecule is C/C(=C\c1csc(CO)n1)[C@@H]1C[C@@H]2O[C@]2(C(F)(F)F)C[C@H]2C[C@@H]2[C@H](C)[C@H](O)[C@@H](C)C(=O)C(C)(C)[C@@H](O)CC(=O)O1. The fourth-order valence-corrected chi connectivity index (χ4v) is 6.70. The summed E-state index contributed by atoms with van der Waals surface area (Å²) in [5.41, 5.74) is -2.88. The van der Waals surface area contributed by atoms with Crippen molar-refractivity contribution in [3.8, 4) is 0 Å². The molecule has 2 saturated heterocycles. The van der Waals surface area contributed by atoms with Crippen molar-refractivity contribution in [3.05, 3.63) is 21.7 Å². The molecule has 1 aliphatic carbocycles. The number of ether oxygens (including phenoxy) is 2. The number of aliphatic hydroxyl groups excluding tert-OH is 3. The quantitative estimate of drug-likeness (QED) is 0.356. The Morgan fingerprint density at radius 2 is 1.90 bits per heavy atom. The Balaban J connectivity index is 1.66. The molecule has 224 valence electrons. The van der Waals surface area contributed by atoms with Crippen molar-refractivity contribution < 1.29 is 47.6 Å². The average Bonchev–Trinajstić information content (AvgIpc) is 3.75. The number of fused-ring (bicyclic) bond motifs is 2. The van der Waals surface area contributed by atoms with Crippen molar-refractivity contribution in [2.75, 3.05) is 0 Å². The number of carbonyl (C=O) groups excluding carboxylic acids is 2. The minimum absolute atomic E-state index is 0.198. The first kappa shape index (κ1) is 31.1. The number of cyclic esters (lactones) is 1. The van der Waals surface area contributed by atoms with E-state index in [9.17, 15) is 38.1 Å². The zero-order valence-corrected chi connectivity index (χ0v) is 24.1. The number of nitrogens with zero attached hydrogens (tertiary/aromatic N) is 1. The lowest BCUT2D eigenvalue weighted by molar-refractivity contribution is -0.187. The van der Waals surface area contributed by atoms with Gasteiger partial charge in [0, 0.05) is 17.7 Å². The van der Waals surface area contributed by atoms with Crippen LogP contribution in [0.5, 0.6) is 0 Å². The number of alkyl halides is 3. The Hall–Kier alpha value is -1.86. The van der Waals surface area contributed by atoms with Crippen LogP contribution in [0.2, 0.25) is 0 Å². The van der Waals surface area contributed by atoms with E-state index in [0.717, 1.165) is 0 Å². The van der Waals surface area contributed by atoms with Crippen LogP contribution in [0.1, 0.15) is 71.0 Å². The minimum atomic E-state index is -4.65. The number of hydrogen-bond acceptors (Lipinski definition) is 9. The van der Waals surface area contributed by atoms with Gasteiger partial charge in [-0.2, -0.15) is 13.2 Å². The molecule has 0 amide bonds. The third kappa shape index (κ3) is 6.01. The van der Waals surface area contributed by atoms with Crippen molar-refractivity contribution >= 4 is 29.2 Å². The summed E-state index contributed by atoms with van der Waals surface area (Å²) in [6, 6.07) is 0. The fraction of sp³-hybridized carbons (Fsp3) is 0.750. The Bertz CT molecular complexity index is 1150. The highest BCUT2D eigenvalue weighted by Gasteiger charge is 2.74. The second-order valence-electron chi connectivity index (χ2n) is 12.2. The summed E-state index contributed by atoms with van der Waals surface area (Å²) < 4.78 is 54.1. The molecule has 8 nitrogen and oxygen atoms in total. The number of esters is 1. The maximum Gasteiger partial charge on any atom is 0.420 e. The lowest BCUT2D eigenvalue weighted by Gasteiger charge is -2.34. The summed E-state index contributed by atoms with van der Waals surface area (Å²) in [5, 5.41) is 33.3. The van der Waals surface area contributed by atoms with Gasteiger partial charge in [0.25, 0.3) is 0 Å². The summed E-state index contributed by atoms with van der Waals surface area (Å²) in [7, 11) is 0. The van der Waals surface area contributed by atoms with Gasteiger partial charge in [-0.25, -0.2) is 4.98 Å². The normalized spacial score (nSPS) is 39.2. The number of aliphatic hydroxyl groups is 3. The fourth-order valence-electron chi connectivity index (χ4n) is 6.09. The van der Waals surface area contributed by atoms with Crippen molar-refractivity contribution in [1.29, 1.82) is 0 Å². The van der Waals surface area contributed by atoms with Crippen LogP contribution in [0, 0.1) is 29.1 Å². The molecular formula is C28H38F3NO7S. The van der Waals surface area contributed by atoms with Gasteiger partial charge in [-0.05, 0) is 49.2 Å². The molecule has 4 rings (SSSR count). The predicted octanol–water partition coefficient (Wildman–Crippen LogP) is 4.06. The molecule has 3 fully saturated rings. The first-order chi connectivity index (χ1) is 18.5. The molecule has 1 saturated carbocycles. The van der Waals surface area contributed by atoms with Gasteiger partial charge < -0.3 is 24.8 Å². The molecule has 40 heavy (non-hydrogen) atoms. The molecule has 3 aliphatic rings. The number of hydrogen-bond donors (Lipinski definition) is 3. The van der Waals surface area contributed by atoms with E-state index in [1.54, 1.807) is 32.2 Å². The highest BCUT2D eigenvalue weighted by atomic mass is 32.1. The number of aromatic nitrogens is 1. The van der Waals surface area contributed by atoms with Crippen LogP contribution >= 0.6 is 11.3 Å². The van der Waals surface area contributed by atoms with E-state index in [2.05, 4.69) is 4.98 Å². The monoisotopic (exact) mass is 589 g/mol. The van der Waals surface area contributed by atoms with Crippen LogP contribution in [0.25, 0.3) is 6.08 Å². The molecule has 2 aliphatic heterocycles. The van der Waals surface area contributed by atoms with Crippen molar-refractivity contribution in [1.82, 2.24) is 4.98 Å². The van der Waals surface area contributed by atoms with Crippen LogP contribution in [0.4, 0.5) is 13.2 Å². The number of thiazole rings is 1. The van der Waals surface area contributed by atoms with Gasteiger partial charge in [0.2, 0.25) is 0 Å². The maximum atomic E-state index is 14.4. The first-order valence-corrected chi connectivity index (χ1v) is 14.5. The summed E-state index contributed by atoms with van der Waals surface area (Å²) in [6.07, 6.45) is -8.58. The number of halogens is 3. The number of carbonyl (C=O) groups is 2. The van der Waals surface area contributed by atoms with Crippen LogP contribution in [-0.2, 0) is 25.7 Å². The van der Waals surface area contributed by atoms with Gasteiger partial charge in [0.15, 0.2) is 5.60 Å². The summed E-state index contributed by atoms with van der Waals surface area (Å²) >= 11 is 1.21. The van der Waals surface area contributed by atoms with Crippen LogP contribution in [0.3, 0.4) is 0 Å². The van der Waals surface area contributed by atoms with Gasteiger partial charge in [0.1, 0.15) is 23.0 Å². The molecule has 3 heterocycles. The van der Waals surface area contributed by atoms with Crippen molar-refractivity contribution in [3.63, 3.8) is 0 Å². The lowest BCUT2D eigenvalue weighted by Crippen LogP contribution is -2.46. The summed E-state index contributed by atoms with van der Waals surface area (Å²) in [5.74, 6) is -3.19. The van der Waals surface area contributed by atoms with Gasteiger partial charge in [-0.1, -0.05) is 27.7 Å². The third-order valence-electron chi connectivity index (χ3n) is 9.10. The number of rotatable bonds is 3. The Morgan fingerprint density at radius 1 is 1.23 bits per heavy atom. The lowest BCUT2D eigenvalue weighted by atomic mass is 9.72. The van der Waals surface area contributed by atoms with E-state index < -0.39 is 71.6 Å². The highest BCUT2D eigenvalue weighted by Crippen LogP contribution is 2.61. The first-order valence-electron chi connectivity index (χ1n) is 13.6. The van der Waals surface area contributed by atoms with E-state index in [0.29, 0.717) is 22.7 Å². The molecule has 9 atom stereocenters. The molecule has 0 spiro atoms. The topological polar surface area (TPSA) is 129 Å². The largest absolute Gasteiger partial charge is 0.458 e. The van der Waals surface area contributed by atoms with Gasteiger partial charge >= 0.3 is 12.1 Å². The average molecular weight is 590 g/mol. The molecule has 3 N–H and O–H groups in total. The van der Waals surface area contributed by atoms with Crippen LogP contribution in [-0.4, -0.2) is 68.2 Å². The third-order valence-corrected chi connectivity index (χ3v) is 9.95. The highest BCUT2D eigenvalue weighted by molar-refractivity contribution is 7.09. The number of Topliss-reactive ketones (excluding diaryl/α,β-unsaturated/α-hetero) is 1. The number of ketones is 1. The van der Waals surface area contributed by atoms with Crippen molar-refractivity contribution in [2.24, 2.45) is 29.1 Å². The smallest absolute Gasteiger partial charge is 0.420 e. The summed E-state index contributed by atoms with van der Waals surface area (Å²) in [6.45, 7) is 7.63. The molecular weight excluding hydrogens is 551 g/mol. The Morgan fingerprint density at radius 3 is 2.50 bits per heavy atom. The molecule has 0 radical (unpaired) electrons. The molecule has 0 bridgehead atoms. The standard InChI is InChI=1S/C28H38F3NO7S/c1-13(6-17-12-40-22(11-33)32-17)19-8-21-27(39-21,28(29,30)31)10-16-7-18(16)14(2)24(36)15(3)25(37)26(4,5)20(34)9-23(35)38-19/h6,12,14-16,18-21,24,33-34,36H,7-11H2,1-5H3/b13-6+/t14-,15+,16+,18+,19-,20-,21-,24-,27+/m0/s1. The molecule has 12 heteroatoms. The molecule has 0 unspecified atom stereocenters. The van der Waals surface area contributed by atoms with E-state index in [1.165, 1.54) is 25.2 Å². The zero-order valence-electron chi connectivity index (χ0n) is 23.3. The predicted molar refractivity (Wildman–Crippen MR) is 140 cm³/mol.